The molecule has 4 nitrogen and oxygen atoms in total. The van der Waals surface area contributed by atoms with Crippen LogP contribution in [0.25, 0.3) is 21.8 Å². The highest BCUT2D eigenvalue weighted by molar-refractivity contribution is 5.92. The summed E-state index contributed by atoms with van der Waals surface area (Å²) in [6, 6.07) is 19.4. The summed E-state index contributed by atoms with van der Waals surface area (Å²) in [5.74, 6) is 2.18. The van der Waals surface area contributed by atoms with Gasteiger partial charge in [0, 0.05) is 24.7 Å². The van der Waals surface area contributed by atoms with Crippen molar-refractivity contribution in [2.24, 2.45) is 0 Å². The summed E-state index contributed by atoms with van der Waals surface area (Å²) >= 11 is 0. The van der Waals surface area contributed by atoms with E-state index < -0.39 is 0 Å². The predicted molar refractivity (Wildman–Crippen MR) is 97.5 cm³/mol. The van der Waals surface area contributed by atoms with E-state index in [2.05, 4.69) is 69.9 Å². The molecule has 4 aromatic rings. The first-order valence-electron chi connectivity index (χ1n) is 8.33. The molecule has 0 saturated carbocycles. The zero-order chi connectivity index (χ0) is 16.1. The van der Waals surface area contributed by atoms with Gasteiger partial charge in [0.25, 0.3) is 0 Å². The minimum absolute atomic E-state index is 0.457. The summed E-state index contributed by atoms with van der Waals surface area (Å²) < 4.78 is 2.37. The Morgan fingerprint density at radius 1 is 0.958 bits per heavy atom. The maximum absolute atomic E-state index is 4.69. The van der Waals surface area contributed by atoms with Crippen LogP contribution in [0, 0.1) is 6.92 Å². The van der Waals surface area contributed by atoms with E-state index in [0.717, 1.165) is 30.2 Å². The van der Waals surface area contributed by atoms with Crippen LogP contribution in [0.1, 0.15) is 11.9 Å². The summed E-state index contributed by atoms with van der Waals surface area (Å²) in [5.41, 5.74) is 2.31. The number of hydrogen-bond acceptors (Lipinski definition) is 3. The molecule has 0 spiro atoms. The van der Waals surface area contributed by atoms with Crippen LogP contribution in [0.15, 0.2) is 60.8 Å². The van der Waals surface area contributed by atoms with E-state index >= 15 is 0 Å². The second kappa shape index (κ2) is 5.06. The van der Waals surface area contributed by atoms with Gasteiger partial charge in [0.15, 0.2) is 0 Å². The van der Waals surface area contributed by atoms with E-state index in [1.165, 1.54) is 16.3 Å². The van der Waals surface area contributed by atoms with Crippen molar-refractivity contribution in [3.63, 3.8) is 0 Å². The number of rotatable bonds is 2. The summed E-state index contributed by atoms with van der Waals surface area (Å²) in [4.78, 5) is 11.7. The van der Waals surface area contributed by atoms with Crippen LogP contribution in [0.2, 0.25) is 0 Å². The first kappa shape index (κ1) is 13.5. The van der Waals surface area contributed by atoms with Crippen LogP contribution >= 0.6 is 0 Å². The lowest BCUT2D eigenvalue weighted by atomic mass is 10.1. The number of para-hydroxylation sites is 2. The second-order valence-corrected chi connectivity index (χ2v) is 6.43. The molecule has 3 heterocycles. The summed E-state index contributed by atoms with van der Waals surface area (Å²) in [6.07, 6.45) is 1.91. The van der Waals surface area contributed by atoms with Crippen molar-refractivity contribution in [3.8, 4) is 0 Å². The molecule has 4 heteroatoms. The number of aryl methyl sites for hydroxylation is 1. The highest BCUT2D eigenvalue weighted by Gasteiger charge is 2.32. The molecule has 0 unspecified atom stereocenters. The third-order valence-corrected chi connectivity index (χ3v) is 4.95. The Bertz CT molecular complexity index is 1040. The van der Waals surface area contributed by atoms with E-state index in [4.69, 9.17) is 4.98 Å². The van der Waals surface area contributed by atoms with Gasteiger partial charge in [0.05, 0.1) is 17.1 Å². The summed E-state index contributed by atoms with van der Waals surface area (Å²) in [7, 11) is 0. The number of fused-ring (bicyclic) bond motifs is 2. The summed E-state index contributed by atoms with van der Waals surface area (Å²) in [6.45, 7) is 4.04. The molecule has 5 rings (SSSR count). The largest absolute Gasteiger partial charge is 0.352 e. The Hall–Kier alpha value is -2.88. The average molecular weight is 314 g/mol. The van der Waals surface area contributed by atoms with E-state index in [1.807, 2.05) is 12.3 Å². The minimum Gasteiger partial charge on any atom is -0.352 e. The Labute approximate surface area is 140 Å². The van der Waals surface area contributed by atoms with Gasteiger partial charge in [-0.2, -0.15) is 0 Å². The van der Waals surface area contributed by atoms with Gasteiger partial charge in [-0.1, -0.05) is 36.4 Å². The van der Waals surface area contributed by atoms with Gasteiger partial charge in [-0.15, -0.1) is 0 Å². The molecule has 1 aliphatic heterocycles. The van der Waals surface area contributed by atoms with Crippen LogP contribution < -0.4 is 4.90 Å². The van der Waals surface area contributed by atoms with Crippen molar-refractivity contribution >= 4 is 27.6 Å². The van der Waals surface area contributed by atoms with Gasteiger partial charge in [0.1, 0.15) is 11.6 Å². The fourth-order valence-corrected chi connectivity index (χ4v) is 3.77. The van der Waals surface area contributed by atoms with E-state index in [1.54, 1.807) is 0 Å². The zero-order valence-corrected chi connectivity index (χ0v) is 13.6. The van der Waals surface area contributed by atoms with Gasteiger partial charge in [-0.05, 0) is 30.5 Å². The molecular formula is C20H18N4. The van der Waals surface area contributed by atoms with Gasteiger partial charge < -0.3 is 9.47 Å². The standard InChI is InChI=1S/C20H18N4/c1-14-22-18-8-4-5-9-19(18)24(14)16-12-23(13-16)20-17-7-3-2-6-15(17)10-11-21-20/h2-11,16H,12-13H2,1H3. The molecule has 0 N–H and O–H groups in total. The van der Waals surface area contributed by atoms with Crippen LogP contribution in [0.4, 0.5) is 5.82 Å². The molecule has 2 aromatic heterocycles. The van der Waals surface area contributed by atoms with Crippen molar-refractivity contribution in [2.75, 3.05) is 18.0 Å². The molecular weight excluding hydrogens is 296 g/mol. The molecule has 118 valence electrons. The van der Waals surface area contributed by atoms with Crippen molar-refractivity contribution in [1.29, 1.82) is 0 Å². The Kier molecular flexibility index (Phi) is 2.86. The topological polar surface area (TPSA) is 34.0 Å². The molecule has 1 saturated heterocycles. The third kappa shape index (κ3) is 1.92. The third-order valence-electron chi connectivity index (χ3n) is 4.95. The number of benzene rings is 2. The van der Waals surface area contributed by atoms with Crippen molar-refractivity contribution in [1.82, 2.24) is 14.5 Å². The van der Waals surface area contributed by atoms with Gasteiger partial charge in [0.2, 0.25) is 0 Å². The van der Waals surface area contributed by atoms with Gasteiger partial charge in [-0.25, -0.2) is 9.97 Å². The number of pyridine rings is 1. The van der Waals surface area contributed by atoms with Crippen LogP contribution in [0.3, 0.4) is 0 Å². The average Bonchev–Trinajstić information content (AvgIpc) is 2.90. The van der Waals surface area contributed by atoms with Crippen LogP contribution in [-0.4, -0.2) is 27.6 Å². The monoisotopic (exact) mass is 314 g/mol. The molecule has 1 fully saturated rings. The lowest BCUT2D eigenvalue weighted by Gasteiger charge is -2.42. The highest BCUT2D eigenvalue weighted by Crippen LogP contribution is 2.33. The number of nitrogens with zero attached hydrogens (tertiary/aromatic N) is 4. The maximum atomic E-state index is 4.69. The molecule has 0 bridgehead atoms. The number of anilines is 1. The first-order valence-corrected chi connectivity index (χ1v) is 8.33. The van der Waals surface area contributed by atoms with Gasteiger partial charge in [-0.3, -0.25) is 0 Å². The SMILES string of the molecule is Cc1nc2ccccc2n1C1CN(c2nccc3ccccc23)C1. The molecule has 24 heavy (non-hydrogen) atoms. The quantitative estimate of drug-likeness (QED) is 0.562. The van der Waals surface area contributed by atoms with E-state index in [9.17, 15) is 0 Å². The molecule has 1 aliphatic rings. The number of imidazole rings is 1. The van der Waals surface area contributed by atoms with Crippen LogP contribution in [0.5, 0.6) is 0 Å². The predicted octanol–water partition coefficient (Wildman–Crippen LogP) is 3.95. The maximum Gasteiger partial charge on any atom is 0.136 e. The molecule has 2 aromatic carbocycles. The zero-order valence-electron chi connectivity index (χ0n) is 13.6. The molecule has 0 aliphatic carbocycles. The van der Waals surface area contributed by atoms with Gasteiger partial charge >= 0.3 is 0 Å². The fraction of sp³-hybridized carbons (Fsp3) is 0.200. The van der Waals surface area contributed by atoms with Crippen molar-refractivity contribution in [3.05, 3.63) is 66.6 Å². The molecule has 0 radical (unpaired) electrons. The van der Waals surface area contributed by atoms with Crippen molar-refractivity contribution in [2.45, 2.75) is 13.0 Å². The Morgan fingerprint density at radius 3 is 2.67 bits per heavy atom. The Balaban J connectivity index is 1.49. The lowest BCUT2D eigenvalue weighted by molar-refractivity contribution is 0.400. The van der Waals surface area contributed by atoms with Crippen LogP contribution in [-0.2, 0) is 0 Å². The van der Waals surface area contributed by atoms with E-state index in [0.29, 0.717) is 6.04 Å². The van der Waals surface area contributed by atoms with Crippen molar-refractivity contribution < 1.29 is 0 Å². The molecule has 0 atom stereocenters. The molecule has 0 amide bonds. The fourth-order valence-electron chi connectivity index (χ4n) is 3.77. The van der Waals surface area contributed by atoms with E-state index in [-0.39, 0.29) is 0 Å². The number of hydrogen-bond donors (Lipinski definition) is 0. The highest BCUT2D eigenvalue weighted by atomic mass is 15.3. The smallest absolute Gasteiger partial charge is 0.136 e. The first-order chi connectivity index (χ1) is 11.8. The second-order valence-electron chi connectivity index (χ2n) is 6.43. The normalized spacial score (nSPS) is 15.1. The Morgan fingerprint density at radius 2 is 1.75 bits per heavy atom. The number of aromatic nitrogens is 3. The lowest BCUT2D eigenvalue weighted by Crippen LogP contribution is -2.48. The minimum atomic E-state index is 0.457. The summed E-state index contributed by atoms with van der Waals surface area (Å²) in [5, 5.41) is 2.47.